The molecule has 0 atom stereocenters. The van der Waals surface area contributed by atoms with E-state index in [4.69, 9.17) is 4.98 Å². The number of hydrogen-bond donors (Lipinski definition) is 4. The van der Waals surface area contributed by atoms with Crippen LogP contribution in [0.1, 0.15) is 5.56 Å². The summed E-state index contributed by atoms with van der Waals surface area (Å²) in [5.74, 6) is 0.739. The molecular formula is C25H26N10. The average Bonchev–Trinajstić information content (AvgIpc) is 3.50. The third-order valence-corrected chi connectivity index (χ3v) is 6.84. The Morgan fingerprint density at radius 3 is 2.60 bits per heavy atom. The summed E-state index contributed by atoms with van der Waals surface area (Å²) in [6, 6.07) is 8.55. The zero-order chi connectivity index (χ0) is 23.2. The molecule has 7 rings (SSSR count). The highest BCUT2D eigenvalue weighted by atomic mass is 15.6. The molecule has 4 N–H and O–H groups in total. The van der Waals surface area contributed by atoms with E-state index in [1.807, 2.05) is 24.8 Å². The van der Waals surface area contributed by atoms with Gasteiger partial charge in [-0.25, -0.2) is 9.99 Å². The number of pyridine rings is 2. The fraction of sp³-hybridized carbons (Fsp3) is 0.280. The van der Waals surface area contributed by atoms with Crippen LogP contribution in [0.15, 0.2) is 49.1 Å². The number of H-pyrrole nitrogens is 2. The minimum atomic E-state index is 0.739. The molecule has 0 amide bonds. The summed E-state index contributed by atoms with van der Waals surface area (Å²) in [5.41, 5.74) is 11.4. The van der Waals surface area contributed by atoms with Gasteiger partial charge < -0.3 is 15.2 Å². The highest BCUT2D eigenvalue weighted by Crippen LogP contribution is 2.32. The van der Waals surface area contributed by atoms with Crippen molar-refractivity contribution in [1.29, 1.82) is 0 Å². The Morgan fingerprint density at radius 1 is 0.857 bits per heavy atom. The number of hydrazine groups is 1. The molecule has 1 aromatic carbocycles. The van der Waals surface area contributed by atoms with Crippen molar-refractivity contribution in [1.82, 2.24) is 45.9 Å². The summed E-state index contributed by atoms with van der Waals surface area (Å²) in [6.45, 7) is 6.77. The number of rotatable bonds is 5. The van der Waals surface area contributed by atoms with Crippen molar-refractivity contribution < 1.29 is 0 Å². The summed E-state index contributed by atoms with van der Waals surface area (Å²) < 4.78 is 0. The van der Waals surface area contributed by atoms with E-state index in [1.54, 1.807) is 0 Å². The van der Waals surface area contributed by atoms with Crippen molar-refractivity contribution in [3.63, 3.8) is 0 Å². The quantitative estimate of drug-likeness (QED) is 0.312. The Kier molecular flexibility index (Phi) is 4.93. The van der Waals surface area contributed by atoms with Gasteiger partial charge in [0.05, 0.1) is 29.1 Å². The number of imidazole rings is 1. The van der Waals surface area contributed by atoms with E-state index in [9.17, 15) is 0 Å². The Labute approximate surface area is 201 Å². The highest BCUT2D eigenvalue weighted by molar-refractivity contribution is 5.97. The fourth-order valence-electron chi connectivity index (χ4n) is 4.90. The monoisotopic (exact) mass is 466 g/mol. The van der Waals surface area contributed by atoms with Crippen molar-refractivity contribution in [3.8, 4) is 22.6 Å². The van der Waals surface area contributed by atoms with Crippen LogP contribution in [-0.2, 0) is 6.54 Å². The number of nitrogens with zero attached hydrogens (tertiary/aromatic N) is 6. The minimum absolute atomic E-state index is 0.739. The lowest BCUT2D eigenvalue weighted by molar-refractivity contribution is 0.0925. The van der Waals surface area contributed by atoms with E-state index >= 15 is 0 Å². The van der Waals surface area contributed by atoms with Gasteiger partial charge in [-0.05, 0) is 29.3 Å². The SMILES string of the molecule is c1ncc(-c2ccc3[nH]nc(-c4nc5c(N6CCNCC6)cncc5[nH]4)c3c2)cc1CN1CCN1. The molecule has 0 unspecified atom stereocenters. The third-order valence-electron chi connectivity index (χ3n) is 6.84. The van der Waals surface area contributed by atoms with Gasteiger partial charge in [0, 0.05) is 69.2 Å². The molecule has 6 heterocycles. The normalized spacial score (nSPS) is 16.7. The molecule has 176 valence electrons. The lowest BCUT2D eigenvalue weighted by Crippen LogP contribution is -2.52. The molecule has 0 aliphatic carbocycles. The number of hydrogen-bond acceptors (Lipinski definition) is 8. The first-order valence-corrected chi connectivity index (χ1v) is 12.0. The Hall–Kier alpha value is -3.86. The maximum absolute atomic E-state index is 4.98. The fourth-order valence-corrected chi connectivity index (χ4v) is 4.90. The Bertz CT molecular complexity index is 1510. The number of anilines is 1. The van der Waals surface area contributed by atoms with Crippen LogP contribution in [-0.4, -0.2) is 74.4 Å². The molecule has 10 nitrogen and oxygen atoms in total. The van der Waals surface area contributed by atoms with Crippen LogP contribution in [0.3, 0.4) is 0 Å². The van der Waals surface area contributed by atoms with Gasteiger partial charge in [-0.1, -0.05) is 6.07 Å². The van der Waals surface area contributed by atoms with Crippen LogP contribution >= 0.6 is 0 Å². The van der Waals surface area contributed by atoms with E-state index in [0.29, 0.717) is 0 Å². The largest absolute Gasteiger partial charge is 0.366 e. The molecule has 0 spiro atoms. The lowest BCUT2D eigenvalue weighted by Gasteiger charge is -2.31. The number of benzene rings is 1. The average molecular weight is 467 g/mol. The number of nitrogens with one attached hydrogen (secondary N) is 4. The second-order valence-corrected chi connectivity index (χ2v) is 9.12. The summed E-state index contributed by atoms with van der Waals surface area (Å²) in [6.07, 6.45) is 7.60. The summed E-state index contributed by atoms with van der Waals surface area (Å²) in [4.78, 5) is 19.7. The topological polar surface area (TPSA) is 114 Å². The first-order chi connectivity index (χ1) is 17.3. The standard InChI is InChI=1S/C25H26N10/c1-2-20-19(10-17(1)18-9-16(11-27-12-18)15-35-8-5-29-35)23(33-32-20)25-30-21-13-28-14-22(24(21)31-25)34-6-3-26-4-7-34/h1-2,9-14,26,29H,3-8,15H2,(H,30,31)(H,32,33). The molecule has 2 saturated heterocycles. The van der Waals surface area contributed by atoms with Gasteiger partial charge in [-0.2, -0.15) is 5.10 Å². The molecule has 4 aromatic heterocycles. The minimum Gasteiger partial charge on any atom is -0.366 e. The van der Waals surface area contributed by atoms with Crippen LogP contribution in [0.5, 0.6) is 0 Å². The molecular weight excluding hydrogens is 440 g/mol. The molecule has 5 aromatic rings. The van der Waals surface area contributed by atoms with Crippen LogP contribution in [0, 0.1) is 0 Å². The Balaban J connectivity index is 1.26. The van der Waals surface area contributed by atoms with Crippen molar-refractivity contribution >= 4 is 27.6 Å². The van der Waals surface area contributed by atoms with E-state index in [2.05, 4.69) is 70.1 Å². The predicted octanol–water partition coefficient (Wildman–Crippen LogP) is 2.29. The number of fused-ring (bicyclic) bond motifs is 2. The van der Waals surface area contributed by atoms with Gasteiger partial charge in [-0.3, -0.25) is 20.5 Å². The first-order valence-electron chi connectivity index (χ1n) is 12.0. The predicted molar refractivity (Wildman–Crippen MR) is 136 cm³/mol. The molecule has 10 heteroatoms. The second-order valence-electron chi connectivity index (χ2n) is 9.12. The number of piperazine rings is 1. The maximum Gasteiger partial charge on any atom is 0.159 e. The van der Waals surface area contributed by atoms with Crippen molar-refractivity contribution in [2.45, 2.75) is 6.54 Å². The van der Waals surface area contributed by atoms with E-state index in [1.165, 1.54) is 5.56 Å². The molecule has 0 bridgehead atoms. The zero-order valence-corrected chi connectivity index (χ0v) is 19.3. The summed E-state index contributed by atoms with van der Waals surface area (Å²) in [7, 11) is 0. The molecule has 0 radical (unpaired) electrons. The van der Waals surface area contributed by atoms with Gasteiger partial charge in [0.2, 0.25) is 0 Å². The third kappa shape index (κ3) is 3.72. The lowest BCUT2D eigenvalue weighted by atomic mass is 10.0. The van der Waals surface area contributed by atoms with Gasteiger partial charge in [-0.15, -0.1) is 0 Å². The van der Waals surface area contributed by atoms with E-state index < -0.39 is 0 Å². The van der Waals surface area contributed by atoms with Gasteiger partial charge in [0.25, 0.3) is 0 Å². The van der Waals surface area contributed by atoms with E-state index in [-0.39, 0.29) is 0 Å². The van der Waals surface area contributed by atoms with Crippen molar-refractivity contribution in [2.24, 2.45) is 0 Å². The smallest absolute Gasteiger partial charge is 0.159 e. The van der Waals surface area contributed by atoms with Crippen LogP contribution in [0.2, 0.25) is 0 Å². The molecule has 2 aliphatic heterocycles. The van der Waals surface area contributed by atoms with Crippen LogP contribution in [0.25, 0.3) is 44.6 Å². The van der Waals surface area contributed by atoms with Crippen molar-refractivity contribution in [3.05, 3.63) is 54.6 Å². The maximum atomic E-state index is 4.98. The van der Waals surface area contributed by atoms with Gasteiger partial charge >= 0.3 is 0 Å². The molecule has 0 saturated carbocycles. The summed E-state index contributed by atoms with van der Waals surface area (Å²) in [5, 5.41) is 14.4. The Morgan fingerprint density at radius 2 is 1.74 bits per heavy atom. The van der Waals surface area contributed by atoms with Crippen molar-refractivity contribution in [2.75, 3.05) is 44.2 Å². The summed E-state index contributed by atoms with van der Waals surface area (Å²) >= 11 is 0. The van der Waals surface area contributed by atoms with Crippen LogP contribution in [0.4, 0.5) is 5.69 Å². The second kappa shape index (κ2) is 8.42. The van der Waals surface area contributed by atoms with E-state index in [0.717, 1.165) is 96.1 Å². The van der Waals surface area contributed by atoms with Gasteiger partial charge in [0.15, 0.2) is 5.82 Å². The first kappa shape index (κ1) is 20.5. The highest BCUT2D eigenvalue weighted by Gasteiger charge is 2.19. The number of aromatic nitrogens is 6. The zero-order valence-electron chi connectivity index (χ0n) is 19.3. The molecule has 2 aliphatic rings. The molecule has 2 fully saturated rings. The molecule has 35 heavy (non-hydrogen) atoms. The van der Waals surface area contributed by atoms with Crippen LogP contribution < -0.4 is 15.6 Å². The van der Waals surface area contributed by atoms with Gasteiger partial charge in [0.1, 0.15) is 11.2 Å². The number of aromatic amines is 2.